The molecule has 0 saturated carbocycles. The fraction of sp³-hybridized carbons (Fsp3) is 0.154. The summed E-state index contributed by atoms with van der Waals surface area (Å²) in [5.74, 6) is 0.0984. The molecule has 0 saturated heterocycles. The number of esters is 1. The van der Waals surface area contributed by atoms with E-state index >= 15 is 0 Å². The summed E-state index contributed by atoms with van der Waals surface area (Å²) in [6.45, 7) is 2.10. The molecule has 1 aromatic heterocycles. The van der Waals surface area contributed by atoms with E-state index < -0.39 is 5.97 Å². The molecule has 0 amide bonds. The molecule has 0 N–H and O–H groups in total. The number of carbonyl (C=O) groups excluding carboxylic acids is 1. The summed E-state index contributed by atoms with van der Waals surface area (Å²) in [5, 5.41) is 0.282. The first kappa shape index (κ1) is 12.4. The Kier molecular flexibility index (Phi) is 4.20. The molecule has 92 valence electrons. The maximum absolute atomic E-state index is 11.4. The number of nitrogens with zero attached hydrogens (tertiary/aromatic N) is 2. The highest BCUT2D eigenvalue weighted by Gasteiger charge is 2.11. The minimum Gasteiger partial charge on any atom is -0.461 e. The van der Waals surface area contributed by atoms with Crippen molar-refractivity contribution in [3.05, 3.63) is 46.7 Å². The smallest absolute Gasteiger partial charge is 0.369 e. The van der Waals surface area contributed by atoms with E-state index in [4.69, 9.17) is 4.74 Å². The zero-order valence-corrected chi connectivity index (χ0v) is 10.7. The van der Waals surface area contributed by atoms with Crippen LogP contribution in [0.25, 0.3) is 12.2 Å². The van der Waals surface area contributed by atoms with Crippen molar-refractivity contribution in [3.8, 4) is 0 Å². The molecule has 0 atom stereocenters. The molecule has 0 aliphatic rings. The van der Waals surface area contributed by atoms with Crippen LogP contribution in [0, 0.1) is 0 Å². The van der Waals surface area contributed by atoms with Crippen molar-refractivity contribution in [1.82, 2.24) is 9.36 Å². The Morgan fingerprint density at radius 1 is 1.33 bits per heavy atom. The van der Waals surface area contributed by atoms with Crippen LogP contribution < -0.4 is 0 Å². The van der Waals surface area contributed by atoms with Gasteiger partial charge in [0, 0.05) is 0 Å². The van der Waals surface area contributed by atoms with Gasteiger partial charge in [-0.3, -0.25) is 0 Å². The van der Waals surface area contributed by atoms with Gasteiger partial charge in [-0.2, -0.15) is 4.37 Å². The predicted octanol–water partition coefficient (Wildman–Crippen LogP) is 2.89. The van der Waals surface area contributed by atoms with Crippen LogP contribution in [0.5, 0.6) is 0 Å². The molecule has 5 heteroatoms. The summed E-state index contributed by atoms with van der Waals surface area (Å²) >= 11 is 1.05. The Morgan fingerprint density at radius 3 is 2.83 bits per heavy atom. The average Bonchev–Trinajstić information content (AvgIpc) is 2.87. The maximum atomic E-state index is 11.4. The van der Waals surface area contributed by atoms with Crippen LogP contribution in [0.3, 0.4) is 0 Å². The highest BCUT2D eigenvalue weighted by molar-refractivity contribution is 7.07. The van der Waals surface area contributed by atoms with Crippen LogP contribution in [-0.2, 0) is 4.74 Å². The third-order valence-electron chi connectivity index (χ3n) is 2.12. The van der Waals surface area contributed by atoms with E-state index in [-0.39, 0.29) is 5.01 Å². The molecule has 0 unspecified atom stereocenters. The second kappa shape index (κ2) is 6.07. The molecule has 0 bridgehead atoms. The average molecular weight is 260 g/mol. The molecule has 2 aromatic rings. The maximum Gasteiger partial charge on any atom is 0.369 e. The number of aromatic nitrogens is 2. The molecule has 1 aromatic carbocycles. The Labute approximate surface area is 109 Å². The summed E-state index contributed by atoms with van der Waals surface area (Å²) in [7, 11) is 0. The highest BCUT2D eigenvalue weighted by Crippen LogP contribution is 2.10. The monoisotopic (exact) mass is 260 g/mol. The van der Waals surface area contributed by atoms with Gasteiger partial charge in [-0.05, 0) is 30.1 Å². The Hall–Kier alpha value is -2.01. The lowest BCUT2D eigenvalue weighted by molar-refractivity contribution is 0.0526. The molecular formula is C13H12N2O2S. The molecule has 0 radical (unpaired) electrons. The minimum atomic E-state index is -0.422. The normalized spacial score (nSPS) is 10.7. The molecule has 1 heterocycles. The van der Waals surface area contributed by atoms with Gasteiger partial charge in [0.25, 0.3) is 0 Å². The third-order valence-corrected chi connectivity index (χ3v) is 2.83. The van der Waals surface area contributed by atoms with Gasteiger partial charge in [0.15, 0.2) is 5.82 Å². The lowest BCUT2D eigenvalue weighted by Gasteiger charge is -1.94. The van der Waals surface area contributed by atoms with Gasteiger partial charge in [-0.25, -0.2) is 9.78 Å². The van der Waals surface area contributed by atoms with Gasteiger partial charge in [0.1, 0.15) is 0 Å². The number of rotatable bonds is 4. The van der Waals surface area contributed by atoms with Crippen molar-refractivity contribution in [2.45, 2.75) is 6.92 Å². The van der Waals surface area contributed by atoms with E-state index in [1.165, 1.54) is 0 Å². The lowest BCUT2D eigenvalue weighted by Crippen LogP contribution is -2.03. The van der Waals surface area contributed by atoms with Gasteiger partial charge >= 0.3 is 5.97 Å². The molecule has 0 aliphatic carbocycles. The van der Waals surface area contributed by atoms with Crippen molar-refractivity contribution in [3.63, 3.8) is 0 Å². The Morgan fingerprint density at radius 2 is 2.11 bits per heavy atom. The van der Waals surface area contributed by atoms with Crippen LogP contribution in [0.1, 0.15) is 28.1 Å². The van der Waals surface area contributed by atoms with Crippen molar-refractivity contribution < 1.29 is 9.53 Å². The van der Waals surface area contributed by atoms with Gasteiger partial charge in [-0.15, -0.1) is 0 Å². The molecular weight excluding hydrogens is 248 g/mol. The largest absolute Gasteiger partial charge is 0.461 e. The standard InChI is InChI=1S/C13H12N2O2S/c1-2-17-13(16)12-14-11(15-18-12)9-8-10-6-4-3-5-7-10/h3-9H,2H2,1H3. The molecule has 2 rings (SSSR count). The summed E-state index contributed by atoms with van der Waals surface area (Å²) in [6, 6.07) is 9.83. The number of hydrogen-bond acceptors (Lipinski definition) is 5. The van der Waals surface area contributed by atoms with E-state index in [9.17, 15) is 4.79 Å². The predicted molar refractivity (Wildman–Crippen MR) is 71.2 cm³/mol. The van der Waals surface area contributed by atoms with Crippen LogP contribution in [0.15, 0.2) is 30.3 Å². The fourth-order valence-electron chi connectivity index (χ4n) is 1.31. The highest BCUT2D eigenvalue weighted by atomic mass is 32.1. The molecule has 0 aliphatic heterocycles. The van der Waals surface area contributed by atoms with Gasteiger partial charge in [0.05, 0.1) is 6.61 Å². The van der Waals surface area contributed by atoms with Crippen molar-refractivity contribution in [2.75, 3.05) is 6.61 Å². The Bertz CT molecular complexity index is 549. The van der Waals surface area contributed by atoms with E-state index in [1.54, 1.807) is 13.0 Å². The van der Waals surface area contributed by atoms with Crippen molar-refractivity contribution >= 4 is 29.7 Å². The lowest BCUT2D eigenvalue weighted by atomic mass is 10.2. The van der Waals surface area contributed by atoms with Crippen LogP contribution in [0.4, 0.5) is 0 Å². The molecule has 18 heavy (non-hydrogen) atoms. The summed E-state index contributed by atoms with van der Waals surface area (Å²) in [4.78, 5) is 15.5. The first-order valence-electron chi connectivity index (χ1n) is 5.53. The molecule has 4 nitrogen and oxygen atoms in total. The van der Waals surface area contributed by atoms with E-state index in [0.717, 1.165) is 17.1 Å². The molecule has 0 spiro atoms. The van der Waals surface area contributed by atoms with Crippen LogP contribution in [0.2, 0.25) is 0 Å². The summed E-state index contributed by atoms with van der Waals surface area (Å²) in [5.41, 5.74) is 1.06. The van der Waals surface area contributed by atoms with Gasteiger partial charge < -0.3 is 4.74 Å². The first-order chi connectivity index (χ1) is 8.79. The SMILES string of the molecule is CCOC(=O)c1nc(C=Cc2ccccc2)ns1. The summed E-state index contributed by atoms with van der Waals surface area (Å²) < 4.78 is 8.93. The first-order valence-corrected chi connectivity index (χ1v) is 6.31. The van der Waals surface area contributed by atoms with Crippen LogP contribution in [-0.4, -0.2) is 21.9 Å². The number of hydrogen-bond donors (Lipinski definition) is 0. The zero-order chi connectivity index (χ0) is 12.8. The number of ether oxygens (including phenoxy) is 1. The third kappa shape index (κ3) is 3.24. The van der Waals surface area contributed by atoms with Gasteiger partial charge in [-0.1, -0.05) is 36.4 Å². The fourth-order valence-corrected chi connectivity index (χ4v) is 1.86. The minimum absolute atomic E-state index is 0.282. The second-order valence-corrected chi connectivity index (χ2v) is 4.17. The summed E-state index contributed by atoms with van der Waals surface area (Å²) in [6.07, 6.45) is 3.67. The van der Waals surface area contributed by atoms with E-state index in [0.29, 0.717) is 12.4 Å². The van der Waals surface area contributed by atoms with E-state index in [2.05, 4.69) is 9.36 Å². The zero-order valence-electron chi connectivity index (χ0n) is 9.87. The number of benzene rings is 1. The Balaban J connectivity index is 2.07. The number of carbonyl (C=O) groups is 1. The van der Waals surface area contributed by atoms with E-state index in [1.807, 2.05) is 36.4 Å². The molecule has 0 fully saturated rings. The topological polar surface area (TPSA) is 52.1 Å². The van der Waals surface area contributed by atoms with Gasteiger partial charge in [0.2, 0.25) is 5.01 Å². The quantitative estimate of drug-likeness (QED) is 0.793. The second-order valence-electron chi connectivity index (χ2n) is 3.42. The van der Waals surface area contributed by atoms with Crippen molar-refractivity contribution in [1.29, 1.82) is 0 Å². The van der Waals surface area contributed by atoms with Crippen molar-refractivity contribution in [2.24, 2.45) is 0 Å². The van der Waals surface area contributed by atoms with Crippen LogP contribution >= 0.6 is 11.5 Å².